The number of amides is 2. The third-order valence-electron chi connectivity index (χ3n) is 6.30. The SMILES string of the molecule is CCOC(=O)[C@H]1CCCN(C(=O)[C@@H](C)N2CCC(C(=O)Nc3cccc(C)n3)CC2)C1. The van der Waals surface area contributed by atoms with Crippen molar-refractivity contribution in [2.75, 3.05) is 38.1 Å². The van der Waals surface area contributed by atoms with Crippen molar-refractivity contribution in [3.8, 4) is 0 Å². The second kappa shape index (κ2) is 10.7. The highest BCUT2D eigenvalue weighted by atomic mass is 16.5. The number of pyridine rings is 1. The molecule has 170 valence electrons. The predicted octanol–water partition coefficient (Wildman–Crippen LogP) is 2.23. The summed E-state index contributed by atoms with van der Waals surface area (Å²) in [4.78, 5) is 46.0. The molecule has 3 heterocycles. The molecule has 0 saturated carbocycles. The van der Waals surface area contributed by atoms with E-state index in [0.717, 1.165) is 18.5 Å². The fourth-order valence-electron chi connectivity index (χ4n) is 4.44. The number of anilines is 1. The van der Waals surface area contributed by atoms with Crippen molar-refractivity contribution in [1.82, 2.24) is 14.8 Å². The molecule has 0 aromatic carbocycles. The van der Waals surface area contributed by atoms with Gasteiger partial charge in [-0.25, -0.2) is 4.98 Å². The Hall–Kier alpha value is -2.48. The second-order valence-electron chi connectivity index (χ2n) is 8.52. The molecule has 2 atom stereocenters. The lowest BCUT2D eigenvalue weighted by Gasteiger charge is -2.39. The van der Waals surface area contributed by atoms with Crippen molar-refractivity contribution in [2.24, 2.45) is 11.8 Å². The van der Waals surface area contributed by atoms with Gasteiger partial charge in [-0.2, -0.15) is 0 Å². The summed E-state index contributed by atoms with van der Waals surface area (Å²) in [5.74, 6) is 0.115. The van der Waals surface area contributed by atoms with Gasteiger partial charge in [-0.05, 0) is 71.7 Å². The van der Waals surface area contributed by atoms with Crippen molar-refractivity contribution < 1.29 is 19.1 Å². The molecule has 2 fully saturated rings. The fraction of sp³-hybridized carbons (Fsp3) is 0.652. The van der Waals surface area contributed by atoms with E-state index in [1.165, 1.54) is 0 Å². The van der Waals surface area contributed by atoms with Crippen molar-refractivity contribution in [2.45, 2.75) is 52.5 Å². The molecule has 1 N–H and O–H groups in total. The topological polar surface area (TPSA) is 91.8 Å². The average Bonchev–Trinajstić information content (AvgIpc) is 2.78. The van der Waals surface area contributed by atoms with Crippen LogP contribution in [0.25, 0.3) is 0 Å². The van der Waals surface area contributed by atoms with Crippen LogP contribution in [0.2, 0.25) is 0 Å². The number of hydrogen-bond acceptors (Lipinski definition) is 6. The minimum Gasteiger partial charge on any atom is -0.466 e. The number of aryl methyl sites for hydroxylation is 1. The van der Waals surface area contributed by atoms with Crippen LogP contribution in [0.1, 0.15) is 45.2 Å². The number of rotatable bonds is 6. The molecule has 1 aromatic rings. The van der Waals surface area contributed by atoms with Crippen LogP contribution in [0.5, 0.6) is 0 Å². The van der Waals surface area contributed by atoms with E-state index in [-0.39, 0.29) is 35.7 Å². The van der Waals surface area contributed by atoms with Gasteiger partial charge < -0.3 is 15.0 Å². The van der Waals surface area contributed by atoms with Gasteiger partial charge >= 0.3 is 5.97 Å². The van der Waals surface area contributed by atoms with Gasteiger partial charge in [0, 0.05) is 24.7 Å². The lowest BCUT2D eigenvalue weighted by atomic mass is 9.94. The molecule has 8 nitrogen and oxygen atoms in total. The number of hydrogen-bond donors (Lipinski definition) is 1. The zero-order valence-electron chi connectivity index (χ0n) is 18.8. The predicted molar refractivity (Wildman–Crippen MR) is 117 cm³/mol. The summed E-state index contributed by atoms with van der Waals surface area (Å²) in [6.07, 6.45) is 3.01. The average molecular weight is 431 g/mol. The van der Waals surface area contributed by atoms with E-state index in [1.54, 1.807) is 17.9 Å². The van der Waals surface area contributed by atoms with Crippen molar-refractivity contribution >= 4 is 23.6 Å². The minimum atomic E-state index is -0.261. The quantitative estimate of drug-likeness (QED) is 0.696. The molecule has 8 heteroatoms. The maximum absolute atomic E-state index is 13.1. The Kier molecular flexibility index (Phi) is 8.01. The molecule has 2 amide bonds. The minimum absolute atomic E-state index is 0.00922. The van der Waals surface area contributed by atoms with Gasteiger partial charge in [0.15, 0.2) is 0 Å². The van der Waals surface area contributed by atoms with Crippen molar-refractivity contribution in [3.05, 3.63) is 23.9 Å². The number of nitrogens with one attached hydrogen (secondary N) is 1. The van der Waals surface area contributed by atoms with Gasteiger partial charge in [-0.3, -0.25) is 19.3 Å². The molecule has 0 aliphatic carbocycles. The molecule has 0 unspecified atom stereocenters. The smallest absolute Gasteiger partial charge is 0.310 e. The number of esters is 1. The Morgan fingerprint density at radius 1 is 1.16 bits per heavy atom. The van der Waals surface area contributed by atoms with Crippen molar-refractivity contribution in [1.29, 1.82) is 0 Å². The van der Waals surface area contributed by atoms with Crippen LogP contribution in [-0.2, 0) is 19.1 Å². The second-order valence-corrected chi connectivity index (χ2v) is 8.52. The summed E-state index contributed by atoms with van der Waals surface area (Å²) in [5, 5.41) is 2.91. The lowest BCUT2D eigenvalue weighted by Crippen LogP contribution is -2.53. The Bertz CT molecular complexity index is 792. The van der Waals surface area contributed by atoms with Crippen LogP contribution in [0.15, 0.2) is 18.2 Å². The molecule has 1 aromatic heterocycles. The number of ether oxygens (including phenoxy) is 1. The molecule has 2 saturated heterocycles. The monoisotopic (exact) mass is 430 g/mol. The van der Waals surface area contributed by atoms with Crippen LogP contribution < -0.4 is 5.32 Å². The Morgan fingerprint density at radius 2 is 1.90 bits per heavy atom. The maximum atomic E-state index is 13.1. The van der Waals surface area contributed by atoms with Gasteiger partial charge in [0.1, 0.15) is 5.82 Å². The summed E-state index contributed by atoms with van der Waals surface area (Å²) >= 11 is 0. The van der Waals surface area contributed by atoms with Gasteiger partial charge in [-0.1, -0.05) is 6.07 Å². The molecule has 3 rings (SSSR count). The first-order chi connectivity index (χ1) is 14.9. The number of carbonyl (C=O) groups excluding carboxylic acids is 3. The molecule has 2 aliphatic heterocycles. The molecular formula is C23H34N4O4. The summed E-state index contributed by atoms with van der Waals surface area (Å²) in [6.45, 7) is 8.49. The highest BCUT2D eigenvalue weighted by Gasteiger charge is 2.35. The van der Waals surface area contributed by atoms with Gasteiger partial charge in [0.2, 0.25) is 11.8 Å². The molecule has 0 spiro atoms. The Balaban J connectivity index is 1.49. The van der Waals surface area contributed by atoms with Crippen LogP contribution in [0.3, 0.4) is 0 Å². The molecule has 0 radical (unpaired) electrons. The van der Waals surface area contributed by atoms with Crippen LogP contribution in [0.4, 0.5) is 5.82 Å². The maximum Gasteiger partial charge on any atom is 0.310 e. The normalized spacial score (nSPS) is 21.4. The first kappa shape index (κ1) is 23.2. The molecular weight excluding hydrogens is 396 g/mol. The van der Waals surface area contributed by atoms with Crippen LogP contribution >= 0.6 is 0 Å². The third-order valence-corrected chi connectivity index (χ3v) is 6.30. The van der Waals surface area contributed by atoms with E-state index < -0.39 is 0 Å². The number of nitrogens with zero attached hydrogens (tertiary/aromatic N) is 3. The summed E-state index contributed by atoms with van der Waals surface area (Å²) in [6, 6.07) is 5.30. The van der Waals surface area contributed by atoms with E-state index in [4.69, 9.17) is 4.74 Å². The number of aromatic nitrogens is 1. The van der Waals surface area contributed by atoms with E-state index in [0.29, 0.717) is 51.4 Å². The standard InChI is InChI=1S/C23H34N4O4/c1-4-31-23(30)19-8-6-12-27(15-19)22(29)17(3)26-13-10-18(11-14-26)21(28)25-20-9-5-7-16(2)24-20/h5,7,9,17-19H,4,6,8,10-15H2,1-3H3,(H,24,25,28)/t17-,19+/m1/s1. The number of carbonyl (C=O) groups is 3. The van der Waals surface area contributed by atoms with E-state index in [9.17, 15) is 14.4 Å². The highest BCUT2D eigenvalue weighted by Crippen LogP contribution is 2.23. The fourth-order valence-corrected chi connectivity index (χ4v) is 4.44. The zero-order valence-corrected chi connectivity index (χ0v) is 18.8. The van der Waals surface area contributed by atoms with Crippen LogP contribution in [0, 0.1) is 18.8 Å². The Morgan fingerprint density at radius 3 is 2.58 bits per heavy atom. The summed E-state index contributed by atoms with van der Waals surface area (Å²) in [7, 11) is 0. The lowest BCUT2D eigenvalue weighted by molar-refractivity contribution is -0.152. The van der Waals surface area contributed by atoms with E-state index in [2.05, 4.69) is 15.2 Å². The molecule has 2 aliphatic rings. The molecule has 0 bridgehead atoms. The van der Waals surface area contributed by atoms with Crippen LogP contribution in [-0.4, -0.2) is 71.4 Å². The third kappa shape index (κ3) is 6.03. The first-order valence-corrected chi connectivity index (χ1v) is 11.3. The molecule has 31 heavy (non-hydrogen) atoms. The van der Waals surface area contributed by atoms with Gasteiger partial charge in [0.05, 0.1) is 18.6 Å². The summed E-state index contributed by atoms with van der Waals surface area (Å²) < 4.78 is 5.14. The number of likely N-dealkylation sites (tertiary alicyclic amines) is 2. The van der Waals surface area contributed by atoms with Gasteiger partial charge in [0.25, 0.3) is 0 Å². The largest absolute Gasteiger partial charge is 0.466 e. The zero-order chi connectivity index (χ0) is 22.4. The van der Waals surface area contributed by atoms with Gasteiger partial charge in [-0.15, -0.1) is 0 Å². The first-order valence-electron chi connectivity index (χ1n) is 11.3. The highest BCUT2D eigenvalue weighted by molar-refractivity contribution is 5.91. The van der Waals surface area contributed by atoms with E-state index in [1.807, 2.05) is 26.0 Å². The Labute approximate surface area is 184 Å². The van der Waals surface area contributed by atoms with E-state index >= 15 is 0 Å². The summed E-state index contributed by atoms with van der Waals surface area (Å²) in [5.41, 5.74) is 0.864. The number of piperidine rings is 2. The van der Waals surface area contributed by atoms with Crippen molar-refractivity contribution in [3.63, 3.8) is 0 Å².